The molecule has 4 aliphatic rings. The Bertz CT molecular complexity index is 1380. The highest BCUT2D eigenvalue weighted by Crippen LogP contribution is 2.70. The first kappa shape index (κ1) is 51.4. The van der Waals surface area contributed by atoms with Crippen LogP contribution in [-0.2, 0) is 18.1 Å². The molecule has 2 aliphatic heterocycles. The van der Waals surface area contributed by atoms with E-state index in [1.54, 1.807) is 0 Å². The first-order valence-electron chi connectivity index (χ1n) is 20.4. The highest BCUT2D eigenvalue weighted by molar-refractivity contribution is 8.78. The van der Waals surface area contributed by atoms with E-state index in [0.29, 0.717) is 30.4 Å². The van der Waals surface area contributed by atoms with Crippen LogP contribution in [0.2, 0.25) is 0 Å². The minimum atomic E-state index is -4.30. The zero-order chi connectivity index (χ0) is 42.4. The smallest absolute Gasteiger partial charge is 0.321 e. The zero-order valence-electron chi connectivity index (χ0n) is 35.4. The number of nitrogens with zero attached hydrogens (tertiary/aromatic N) is 4. The van der Waals surface area contributed by atoms with Crippen LogP contribution in [-0.4, -0.2) is 79.9 Å². The van der Waals surface area contributed by atoms with Crippen molar-refractivity contribution in [3.63, 3.8) is 0 Å². The second kappa shape index (κ2) is 24.6. The van der Waals surface area contributed by atoms with Crippen LogP contribution in [0.5, 0.6) is 0 Å². The molecular weight excluding hydrogens is 848 g/mol. The maximum atomic E-state index is 13.5. The van der Waals surface area contributed by atoms with Gasteiger partial charge in [0.15, 0.2) is 0 Å². The molecule has 6 atom stereocenters. The van der Waals surface area contributed by atoms with Gasteiger partial charge in [0, 0.05) is 24.2 Å². The van der Waals surface area contributed by atoms with Crippen molar-refractivity contribution >= 4 is 60.2 Å². The number of nitriles is 2. The van der Waals surface area contributed by atoms with Gasteiger partial charge in [-0.3, -0.25) is 0 Å². The molecule has 2 saturated carbocycles. The van der Waals surface area contributed by atoms with E-state index in [0.717, 1.165) is 23.6 Å². The van der Waals surface area contributed by atoms with E-state index in [1.807, 2.05) is 63.1 Å². The second-order valence-corrected chi connectivity index (χ2v) is 23.8. The maximum absolute atomic E-state index is 13.5. The molecule has 2 spiro atoms. The Morgan fingerprint density at radius 2 is 1.14 bits per heavy atom. The topological polar surface area (TPSA) is 91.0 Å². The van der Waals surface area contributed by atoms with Crippen LogP contribution in [0.3, 0.4) is 0 Å². The number of alkyl halides is 3. The van der Waals surface area contributed by atoms with Crippen molar-refractivity contribution in [3.8, 4) is 12.1 Å². The number of halogens is 3. The second-order valence-electron chi connectivity index (χ2n) is 15.5. The molecule has 5 unspecified atom stereocenters. The van der Waals surface area contributed by atoms with Crippen molar-refractivity contribution in [1.29, 1.82) is 10.5 Å². The molecule has 2 saturated heterocycles. The Labute approximate surface area is 360 Å². The zero-order valence-corrected chi connectivity index (χ0v) is 40.4. The summed E-state index contributed by atoms with van der Waals surface area (Å²) in [4.78, 5) is 0. The van der Waals surface area contributed by atoms with Crippen molar-refractivity contribution in [3.05, 3.63) is 35.9 Å². The predicted octanol–water partition coefficient (Wildman–Crippen LogP) is 14.0. The number of hydrogen-bond acceptors (Lipinski definition) is 12. The molecule has 17 heteroatoms. The van der Waals surface area contributed by atoms with Gasteiger partial charge in [-0.25, -0.2) is 9.34 Å². The van der Waals surface area contributed by atoms with Crippen molar-refractivity contribution < 1.29 is 31.3 Å². The van der Waals surface area contributed by atoms with Crippen LogP contribution in [0.1, 0.15) is 138 Å². The van der Waals surface area contributed by atoms with Crippen LogP contribution < -0.4 is 0 Å². The average Bonchev–Trinajstić information content (AvgIpc) is 3.75. The van der Waals surface area contributed by atoms with E-state index in [-0.39, 0.29) is 36.0 Å². The Balaban J connectivity index is 0.000000297. The third-order valence-electron chi connectivity index (χ3n) is 9.85. The lowest BCUT2D eigenvalue weighted by Gasteiger charge is -2.43. The molecule has 0 N–H and O–H groups in total. The van der Waals surface area contributed by atoms with E-state index < -0.39 is 39.3 Å². The quantitative estimate of drug-likeness (QED) is 0.0847. The summed E-state index contributed by atoms with van der Waals surface area (Å²) in [7, 11) is 3.32. The summed E-state index contributed by atoms with van der Waals surface area (Å²) in [5.74, 6) is 0. The summed E-state index contributed by atoms with van der Waals surface area (Å²) in [5, 5.41) is 16.5. The first-order chi connectivity index (χ1) is 27.1. The Morgan fingerprint density at radius 1 is 0.702 bits per heavy atom. The molecule has 5 rings (SSSR count). The molecule has 1 aromatic rings. The molecule has 0 bridgehead atoms. The van der Waals surface area contributed by atoms with Crippen LogP contribution in [0.15, 0.2) is 30.3 Å². The highest BCUT2D eigenvalue weighted by Gasteiger charge is 2.66. The van der Waals surface area contributed by atoms with Gasteiger partial charge in [0.1, 0.15) is 11.4 Å². The molecule has 2 aliphatic carbocycles. The van der Waals surface area contributed by atoms with Gasteiger partial charge in [-0.2, -0.15) is 23.7 Å². The third-order valence-corrected chi connectivity index (χ3v) is 21.5. The average molecular weight is 913 g/mol. The van der Waals surface area contributed by atoms with Gasteiger partial charge in [-0.1, -0.05) is 107 Å². The lowest BCUT2D eigenvalue weighted by Crippen LogP contribution is -2.43. The molecule has 1 aromatic carbocycles. The first-order valence-corrected chi connectivity index (χ1v) is 27.1. The monoisotopic (exact) mass is 912 g/mol. The van der Waals surface area contributed by atoms with Gasteiger partial charge in [0.2, 0.25) is 0 Å². The summed E-state index contributed by atoms with van der Waals surface area (Å²) in [6.45, 7) is 21.3. The fourth-order valence-electron chi connectivity index (χ4n) is 7.24. The van der Waals surface area contributed by atoms with Gasteiger partial charge in [-0.05, 0) is 86.6 Å². The third kappa shape index (κ3) is 14.3. The van der Waals surface area contributed by atoms with Crippen LogP contribution in [0.25, 0.3) is 0 Å². The molecule has 0 radical (unpaired) electrons. The van der Waals surface area contributed by atoms with E-state index in [2.05, 4.69) is 79.6 Å². The van der Waals surface area contributed by atoms with Crippen LogP contribution in [0.4, 0.5) is 13.2 Å². The summed E-state index contributed by atoms with van der Waals surface area (Å²) in [5.41, 5.74) is 1.34. The fourth-order valence-corrected chi connectivity index (χ4v) is 19.1. The number of hydrogen-bond donors (Lipinski definition) is 0. The highest BCUT2D eigenvalue weighted by atomic mass is 33.1. The van der Waals surface area contributed by atoms with Crippen LogP contribution >= 0.6 is 60.2 Å². The van der Waals surface area contributed by atoms with E-state index in [9.17, 15) is 13.2 Å². The standard InChI is InChI=1S/C23H35N2O2PS2.C15H24F3N2O2PS2.C2H6/c1-18(2)25(19(3)4)28(26-17-11-16-24)27-22-21(20-12-7-5-8-13-20)29-30-23(22)14-9-6-10-15-23;1-10(2)20(11(3)4)23(21-9-5-8-19)22-12-13(15(16,17)18)24-25-14(12)6-7-14;1-2/h5,7-8,12-13,18-19,21-22H,6,9-11,14-15,17H2,1-4H3;10-13H,5-7,9H2,1-4H3;1-2H3/t;12?,13-,23?;/m.1./s1. The maximum Gasteiger partial charge on any atom is 0.403 e. The Hall–Kier alpha value is 0.01000. The van der Waals surface area contributed by atoms with Gasteiger partial charge in [-0.15, -0.1) is 0 Å². The lowest BCUT2D eigenvalue weighted by atomic mass is 9.82. The van der Waals surface area contributed by atoms with Gasteiger partial charge >= 0.3 is 6.18 Å². The normalized spacial score (nSPS) is 24.7. The Kier molecular flexibility index (Phi) is 22.2. The summed E-state index contributed by atoms with van der Waals surface area (Å²) < 4.78 is 69.5. The summed E-state index contributed by atoms with van der Waals surface area (Å²) in [6, 6.07) is 15.8. The molecule has 4 fully saturated rings. The minimum Gasteiger partial charge on any atom is -0.321 e. The SMILES string of the molecule is CC.CC(C)N(C(C)C)P(OCCC#N)OC1C(c2ccccc2)SSC12CCCCC2.CC(C)N(C(C)C)P(OCCC#N)OC1[C@H](C(F)(F)F)SSC12CC2. The van der Waals surface area contributed by atoms with E-state index in [4.69, 9.17) is 28.6 Å². The van der Waals surface area contributed by atoms with Gasteiger partial charge in [0.05, 0.1) is 59.0 Å². The van der Waals surface area contributed by atoms with E-state index >= 15 is 0 Å². The van der Waals surface area contributed by atoms with Crippen molar-refractivity contribution in [1.82, 2.24) is 9.34 Å². The molecule has 0 amide bonds. The molecular formula is C40H65F3N4O4P2S4. The molecule has 0 aromatic heterocycles. The largest absolute Gasteiger partial charge is 0.403 e. The molecule has 57 heavy (non-hydrogen) atoms. The van der Waals surface area contributed by atoms with E-state index in [1.165, 1.54) is 48.5 Å². The minimum absolute atomic E-state index is 0.0643. The number of rotatable bonds is 17. The summed E-state index contributed by atoms with van der Waals surface area (Å²) >= 11 is 0. The van der Waals surface area contributed by atoms with Crippen molar-refractivity contribution in [2.75, 3.05) is 13.2 Å². The van der Waals surface area contributed by atoms with Crippen molar-refractivity contribution in [2.45, 2.75) is 190 Å². The van der Waals surface area contributed by atoms with Gasteiger partial charge in [0.25, 0.3) is 17.1 Å². The van der Waals surface area contributed by atoms with Crippen LogP contribution in [0, 0.1) is 22.7 Å². The molecule has 324 valence electrons. The lowest BCUT2D eigenvalue weighted by molar-refractivity contribution is -0.144. The number of benzene rings is 1. The predicted molar refractivity (Wildman–Crippen MR) is 239 cm³/mol. The Morgan fingerprint density at radius 3 is 1.56 bits per heavy atom. The van der Waals surface area contributed by atoms with Crippen molar-refractivity contribution in [2.24, 2.45) is 0 Å². The molecule has 2 heterocycles. The van der Waals surface area contributed by atoms with Gasteiger partial charge < -0.3 is 18.1 Å². The fraction of sp³-hybridized carbons (Fsp3) is 0.800. The molecule has 8 nitrogen and oxygen atoms in total. The summed E-state index contributed by atoms with van der Waals surface area (Å²) in [6.07, 6.45) is 3.28.